The van der Waals surface area contributed by atoms with Gasteiger partial charge in [-0.05, 0) is 37.1 Å². The van der Waals surface area contributed by atoms with E-state index in [9.17, 15) is 9.46 Å². The summed E-state index contributed by atoms with van der Waals surface area (Å²) in [5.41, 5.74) is 1.95. The van der Waals surface area contributed by atoms with E-state index in [4.69, 9.17) is 9.05 Å². The van der Waals surface area contributed by atoms with E-state index in [1.54, 1.807) is 36.4 Å². The van der Waals surface area contributed by atoms with E-state index in [0.29, 0.717) is 17.9 Å². The van der Waals surface area contributed by atoms with Crippen LogP contribution in [0, 0.1) is 6.92 Å². The maximum Gasteiger partial charge on any atom is 0.584 e. The van der Waals surface area contributed by atoms with Gasteiger partial charge >= 0.3 is 7.82 Å². The van der Waals surface area contributed by atoms with E-state index < -0.39 is 7.82 Å². The Morgan fingerprint density at radius 2 is 1.80 bits per heavy atom. The van der Waals surface area contributed by atoms with Gasteiger partial charge in [0.05, 0.1) is 0 Å². The van der Waals surface area contributed by atoms with Crippen LogP contribution in [0.5, 0.6) is 11.5 Å². The van der Waals surface area contributed by atoms with Crippen molar-refractivity contribution in [2.75, 3.05) is 0 Å². The van der Waals surface area contributed by atoms with Crippen LogP contribution in [0.3, 0.4) is 0 Å². The van der Waals surface area contributed by atoms with Gasteiger partial charge in [-0.2, -0.15) is 0 Å². The summed E-state index contributed by atoms with van der Waals surface area (Å²) in [6.07, 6.45) is 0.711. The van der Waals surface area contributed by atoms with Crippen molar-refractivity contribution in [2.24, 2.45) is 0 Å². The van der Waals surface area contributed by atoms with Crippen LogP contribution in [0.15, 0.2) is 48.5 Å². The molecule has 106 valence electrons. The molecule has 0 heterocycles. The molecule has 0 aliphatic heterocycles. The molecule has 0 spiro atoms. The molecule has 0 saturated carbocycles. The Labute approximate surface area is 118 Å². The van der Waals surface area contributed by atoms with Gasteiger partial charge < -0.3 is 9.05 Å². The van der Waals surface area contributed by atoms with Crippen molar-refractivity contribution in [2.45, 2.75) is 20.3 Å². The van der Waals surface area contributed by atoms with E-state index in [2.05, 4.69) is 0 Å². The van der Waals surface area contributed by atoms with Crippen molar-refractivity contribution in [3.8, 4) is 11.5 Å². The van der Waals surface area contributed by atoms with Crippen LogP contribution in [0.1, 0.15) is 18.1 Å². The first-order chi connectivity index (χ1) is 9.50. The molecule has 1 atom stereocenters. The molecule has 0 aliphatic carbocycles. The van der Waals surface area contributed by atoms with Crippen molar-refractivity contribution in [3.63, 3.8) is 0 Å². The monoisotopic (exact) mass is 292 g/mol. The van der Waals surface area contributed by atoms with Crippen LogP contribution >= 0.6 is 7.82 Å². The molecule has 4 nitrogen and oxygen atoms in total. The molecule has 2 aromatic rings. The lowest BCUT2D eigenvalue weighted by molar-refractivity contribution is 0.290. The van der Waals surface area contributed by atoms with Crippen molar-refractivity contribution in [3.05, 3.63) is 59.7 Å². The van der Waals surface area contributed by atoms with Crippen molar-refractivity contribution in [1.29, 1.82) is 0 Å². The largest absolute Gasteiger partial charge is 0.584 e. The molecule has 0 aliphatic rings. The van der Waals surface area contributed by atoms with E-state index in [0.717, 1.165) is 11.1 Å². The lowest BCUT2D eigenvalue weighted by Crippen LogP contribution is -2.01. The maximum atomic E-state index is 12.0. The van der Waals surface area contributed by atoms with E-state index in [-0.39, 0.29) is 0 Å². The lowest BCUT2D eigenvalue weighted by atomic mass is 10.1. The van der Waals surface area contributed by atoms with Gasteiger partial charge in [0.1, 0.15) is 11.5 Å². The molecule has 0 fully saturated rings. The van der Waals surface area contributed by atoms with Crippen LogP contribution in [-0.4, -0.2) is 4.89 Å². The Balaban J connectivity index is 2.18. The molecule has 1 N–H and O–H groups in total. The lowest BCUT2D eigenvalue weighted by Gasteiger charge is -2.16. The maximum absolute atomic E-state index is 12.0. The van der Waals surface area contributed by atoms with Gasteiger partial charge in [0.2, 0.25) is 0 Å². The molecule has 0 amide bonds. The summed E-state index contributed by atoms with van der Waals surface area (Å²) in [4.78, 5) is 9.82. The molecular formula is C15H17O4P. The Bertz CT molecular complexity index is 625. The number of hydrogen-bond acceptors (Lipinski definition) is 3. The molecule has 0 saturated heterocycles. The zero-order valence-corrected chi connectivity index (χ0v) is 12.3. The Hall–Kier alpha value is -1.77. The third-order valence-electron chi connectivity index (χ3n) is 2.77. The predicted molar refractivity (Wildman–Crippen MR) is 78.1 cm³/mol. The summed E-state index contributed by atoms with van der Waals surface area (Å²) in [7, 11) is -4.19. The van der Waals surface area contributed by atoms with Crippen molar-refractivity contribution < 1.29 is 18.5 Å². The fraction of sp³-hybridized carbons (Fsp3) is 0.200. The van der Waals surface area contributed by atoms with Gasteiger partial charge in [-0.1, -0.05) is 42.8 Å². The zero-order valence-electron chi connectivity index (χ0n) is 11.4. The van der Waals surface area contributed by atoms with Gasteiger partial charge in [-0.15, -0.1) is 0 Å². The molecule has 2 rings (SSSR count). The number of para-hydroxylation sites is 1. The molecule has 5 heteroatoms. The topological polar surface area (TPSA) is 55.8 Å². The molecule has 0 radical (unpaired) electrons. The predicted octanol–water partition coefficient (Wildman–Crippen LogP) is 4.12. The fourth-order valence-corrected chi connectivity index (χ4v) is 2.68. The highest BCUT2D eigenvalue weighted by Gasteiger charge is 2.26. The van der Waals surface area contributed by atoms with Gasteiger partial charge in [0.25, 0.3) is 0 Å². The average molecular weight is 292 g/mol. The normalized spacial score (nSPS) is 13.6. The van der Waals surface area contributed by atoms with Crippen molar-refractivity contribution >= 4 is 7.82 Å². The number of rotatable bonds is 5. The van der Waals surface area contributed by atoms with Crippen LogP contribution in [0.2, 0.25) is 0 Å². The second kappa shape index (κ2) is 6.12. The van der Waals surface area contributed by atoms with Crippen LogP contribution in [-0.2, 0) is 11.0 Å². The Morgan fingerprint density at radius 3 is 2.45 bits per heavy atom. The minimum Gasteiger partial charge on any atom is -0.395 e. The zero-order chi connectivity index (χ0) is 14.6. The first-order valence-electron chi connectivity index (χ1n) is 6.37. The molecular weight excluding hydrogens is 275 g/mol. The molecule has 2 aromatic carbocycles. The van der Waals surface area contributed by atoms with E-state index in [1.807, 2.05) is 26.0 Å². The first-order valence-corrected chi connectivity index (χ1v) is 7.86. The summed E-state index contributed by atoms with van der Waals surface area (Å²) in [6, 6.07) is 13.9. The SMILES string of the molecule is CCc1cc(C)ccc1OP(=O)(O)Oc1ccccc1. The minimum atomic E-state index is -4.19. The van der Waals surface area contributed by atoms with Gasteiger partial charge in [-0.25, -0.2) is 4.57 Å². The smallest absolute Gasteiger partial charge is 0.395 e. The first kappa shape index (κ1) is 14.6. The third-order valence-corrected chi connectivity index (χ3v) is 3.64. The van der Waals surface area contributed by atoms with E-state index in [1.165, 1.54) is 0 Å². The number of aryl methyl sites for hydroxylation is 2. The number of hydrogen-bond donors (Lipinski definition) is 1. The highest BCUT2D eigenvalue weighted by Crippen LogP contribution is 2.45. The van der Waals surface area contributed by atoms with Crippen molar-refractivity contribution in [1.82, 2.24) is 0 Å². The number of phosphoric acid groups is 1. The van der Waals surface area contributed by atoms with Gasteiger partial charge in [0, 0.05) is 0 Å². The Kier molecular flexibility index (Phi) is 4.48. The van der Waals surface area contributed by atoms with Crippen LogP contribution in [0.25, 0.3) is 0 Å². The summed E-state index contributed by atoms with van der Waals surface area (Å²) in [5, 5.41) is 0. The fourth-order valence-electron chi connectivity index (χ4n) is 1.83. The standard InChI is InChI=1S/C15H17O4P/c1-3-13-11-12(2)9-10-15(13)19-20(16,17)18-14-7-5-4-6-8-14/h4-11H,3H2,1-2H3,(H,16,17). The summed E-state index contributed by atoms with van der Waals surface area (Å²) < 4.78 is 22.2. The Morgan fingerprint density at radius 1 is 1.10 bits per heavy atom. The van der Waals surface area contributed by atoms with Crippen LogP contribution < -0.4 is 9.05 Å². The second-order valence-corrected chi connectivity index (χ2v) is 5.73. The highest BCUT2D eigenvalue weighted by molar-refractivity contribution is 7.48. The molecule has 20 heavy (non-hydrogen) atoms. The molecule has 1 unspecified atom stereocenters. The quantitative estimate of drug-likeness (QED) is 0.842. The summed E-state index contributed by atoms with van der Waals surface area (Å²) >= 11 is 0. The number of phosphoric ester groups is 1. The van der Waals surface area contributed by atoms with Crippen LogP contribution in [0.4, 0.5) is 0 Å². The minimum absolute atomic E-state index is 0.295. The third kappa shape index (κ3) is 3.86. The highest BCUT2D eigenvalue weighted by atomic mass is 31.2. The second-order valence-electron chi connectivity index (χ2n) is 4.43. The molecule has 0 aromatic heterocycles. The average Bonchev–Trinajstić information content (AvgIpc) is 2.41. The van der Waals surface area contributed by atoms with E-state index >= 15 is 0 Å². The van der Waals surface area contributed by atoms with Gasteiger partial charge in [-0.3, -0.25) is 4.89 Å². The number of benzene rings is 2. The summed E-state index contributed by atoms with van der Waals surface area (Å²) in [5.74, 6) is 0.670. The van der Waals surface area contributed by atoms with Gasteiger partial charge in [0.15, 0.2) is 0 Å². The molecule has 0 bridgehead atoms. The summed E-state index contributed by atoms with van der Waals surface area (Å²) in [6.45, 7) is 3.92.